The topological polar surface area (TPSA) is 102 Å². The Hall–Kier alpha value is -4.67. The van der Waals surface area contributed by atoms with Crippen molar-refractivity contribution >= 4 is 22.8 Å². The number of hydrogen-bond acceptors (Lipinski definition) is 7. The molecular formula is C32H32F2N6O3. The van der Waals surface area contributed by atoms with Crippen LogP contribution in [0.1, 0.15) is 50.8 Å². The van der Waals surface area contributed by atoms with Crippen LogP contribution < -0.4 is 20.6 Å². The zero-order chi connectivity index (χ0) is 30.4. The molecule has 1 saturated heterocycles. The van der Waals surface area contributed by atoms with Gasteiger partial charge in [0, 0.05) is 18.8 Å². The Bertz CT molecular complexity index is 1820. The summed E-state index contributed by atoms with van der Waals surface area (Å²) in [6.07, 6.45) is 4.60. The highest BCUT2D eigenvalue weighted by Crippen LogP contribution is 2.38. The summed E-state index contributed by atoms with van der Waals surface area (Å²) in [6, 6.07) is 6.91. The van der Waals surface area contributed by atoms with Gasteiger partial charge in [0.15, 0.2) is 11.5 Å². The molecule has 0 radical (unpaired) electrons. The molecule has 3 aromatic heterocycles. The predicted octanol–water partition coefficient (Wildman–Crippen LogP) is 4.84. The molecule has 2 aliphatic heterocycles. The van der Waals surface area contributed by atoms with Gasteiger partial charge >= 0.3 is 5.69 Å². The number of pyridine rings is 2. The minimum atomic E-state index is -0.786. The maximum Gasteiger partial charge on any atom is 0.355 e. The molecule has 9 nitrogen and oxygen atoms in total. The van der Waals surface area contributed by atoms with Gasteiger partial charge in [-0.25, -0.2) is 23.1 Å². The molecule has 43 heavy (non-hydrogen) atoms. The number of amides is 1. The van der Waals surface area contributed by atoms with Gasteiger partial charge in [-0.2, -0.15) is 4.98 Å². The second kappa shape index (κ2) is 11.2. The first kappa shape index (κ1) is 28.4. The van der Waals surface area contributed by atoms with Gasteiger partial charge in [0.05, 0.1) is 35.0 Å². The molecule has 2 atom stereocenters. The van der Waals surface area contributed by atoms with Crippen molar-refractivity contribution < 1.29 is 18.3 Å². The summed E-state index contributed by atoms with van der Waals surface area (Å²) in [6.45, 7) is 10.1. The quantitative estimate of drug-likeness (QED) is 0.342. The maximum absolute atomic E-state index is 16.1. The van der Waals surface area contributed by atoms with E-state index in [0.717, 1.165) is 5.56 Å². The highest BCUT2D eigenvalue weighted by Gasteiger charge is 2.35. The number of aromatic nitrogens is 4. The Morgan fingerprint density at radius 1 is 1.21 bits per heavy atom. The second-order valence-electron chi connectivity index (χ2n) is 11.2. The first-order valence-corrected chi connectivity index (χ1v) is 14.4. The summed E-state index contributed by atoms with van der Waals surface area (Å²) >= 11 is 0. The Balaban J connectivity index is 1.68. The van der Waals surface area contributed by atoms with E-state index in [9.17, 15) is 9.59 Å². The second-order valence-corrected chi connectivity index (χ2v) is 11.2. The fourth-order valence-corrected chi connectivity index (χ4v) is 6.07. The van der Waals surface area contributed by atoms with E-state index in [1.165, 1.54) is 28.8 Å². The molecule has 6 rings (SSSR count). The lowest BCUT2D eigenvalue weighted by Crippen LogP contribution is -2.43. The van der Waals surface area contributed by atoms with Crippen molar-refractivity contribution in [2.45, 2.75) is 58.0 Å². The van der Waals surface area contributed by atoms with Crippen molar-refractivity contribution in [2.24, 2.45) is 0 Å². The van der Waals surface area contributed by atoms with Crippen molar-refractivity contribution in [1.29, 1.82) is 0 Å². The first-order chi connectivity index (χ1) is 20.7. The van der Waals surface area contributed by atoms with Crippen LogP contribution in [-0.2, 0) is 11.2 Å². The van der Waals surface area contributed by atoms with Gasteiger partial charge in [-0.05, 0) is 68.0 Å². The van der Waals surface area contributed by atoms with E-state index in [1.54, 1.807) is 12.3 Å². The minimum Gasteiger partial charge on any atom is -0.493 e. The molecule has 0 unspecified atom stereocenters. The van der Waals surface area contributed by atoms with E-state index in [4.69, 9.17) is 4.74 Å². The number of fused-ring (bicyclic) bond motifs is 5. The van der Waals surface area contributed by atoms with Crippen LogP contribution in [0.3, 0.4) is 0 Å². The van der Waals surface area contributed by atoms with Gasteiger partial charge < -0.3 is 15.0 Å². The standard InChI is InChI=1S/C32H32F2N6O3/c1-5-25(41)36-23-12-14-39(18(23)4)30-20-16-22(34)28-26-21(33)9-6-10-24(26)43-15-7-8-19-11-13-35-27(17(2)3)29(19)40(31(20)37-28)32(42)38-30/h5-6,9-11,13,16-18,23H,1,7-8,12,14-15H2,2-4H3,(H,36,41)/t18-,23-/m0/s1. The lowest BCUT2D eigenvalue weighted by molar-refractivity contribution is -0.117. The molecule has 1 amide bonds. The van der Waals surface area contributed by atoms with Crippen molar-refractivity contribution in [1.82, 2.24) is 24.8 Å². The summed E-state index contributed by atoms with van der Waals surface area (Å²) in [5.74, 6) is -1.44. The van der Waals surface area contributed by atoms with E-state index in [1.807, 2.05) is 31.7 Å². The molecule has 0 aliphatic carbocycles. The summed E-state index contributed by atoms with van der Waals surface area (Å²) < 4.78 is 38.8. The van der Waals surface area contributed by atoms with Crippen LogP contribution in [0.15, 0.2) is 54.0 Å². The summed E-state index contributed by atoms with van der Waals surface area (Å²) in [5.41, 5.74) is 1.17. The summed E-state index contributed by atoms with van der Waals surface area (Å²) in [4.78, 5) is 41.8. The predicted molar refractivity (Wildman–Crippen MR) is 160 cm³/mol. The van der Waals surface area contributed by atoms with Crippen LogP contribution in [0, 0.1) is 11.6 Å². The van der Waals surface area contributed by atoms with Gasteiger partial charge in [0.2, 0.25) is 5.91 Å². The molecule has 222 valence electrons. The number of anilines is 1. The Kier molecular flexibility index (Phi) is 7.41. The molecule has 11 heteroatoms. The molecule has 2 bridgehead atoms. The number of halogens is 2. The molecule has 2 aliphatic rings. The van der Waals surface area contributed by atoms with Crippen LogP contribution in [0.2, 0.25) is 0 Å². The van der Waals surface area contributed by atoms with Crippen LogP contribution >= 0.6 is 0 Å². The summed E-state index contributed by atoms with van der Waals surface area (Å²) in [7, 11) is 0. The smallest absolute Gasteiger partial charge is 0.355 e. The number of aryl methyl sites for hydroxylation is 1. The molecule has 4 aromatic rings. The highest BCUT2D eigenvalue weighted by atomic mass is 19.1. The number of ether oxygens (including phenoxy) is 1. The Labute approximate surface area is 247 Å². The molecule has 0 saturated carbocycles. The number of nitrogens with zero attached hydrogens (tertiary/aromatic N) is 5. The number of rotatable bonds is 4. The minimum absolute atomic E-state index is 0.0633. The SMILES string of the molecule is C=CC(=O)N[C@H]1CCN(c2nc(=O)n3c4nc(c(F)cc24)-c2c(F)cccc2OCCCc2ccnc(C(C)C)c2-3)[C@H]1C. The Morgan fingerprint density at radius 2 is 2.02 bits per heavy atom. The maximum atomic E-state index is 16.1. The van der Waals surface area contributed by atoms with Crippen molar-refractivity contribution in [2.75, 3.05) is 18.1 Å². The number of hydrogen-bond donors (Lipinski definition) is 1. The van der Waals surface area contributed by atoms with Crippen LogP contribution in [0.25, 0.3) is 28.0 Å². The molecule has 5 heterocycles. The average molecular weight is 587 g/mol. The highest BCUT2D eigenvalue weighted by molar-refractivity contribution is 5.91. The van der Waals surface area contributed by atoms with E-state index < -0.39 is 17.3 Å². The van der Waals surface area contributed by atoms with E-state index in [2.05, 4.69) is 26.8 Å². The normalized spacial score (nSPS) is 18.0. The van der Waals surface area contributed by atoms with E-state index in [-0.39, 0.29) is 64.4 Å². The third kappa shape index (κ3) is 4.92. The third-order valence-corrected chi connectivity index (χ3v) is 8.21. The lowest BCUT2D eigenvalue weighted by Gasteiger charge is -2.28. The lowest BCUT2D eigenvalue weighted by atomic mass is 10.0. The molecular weight excluding hydrogens is 554 g/mol. The zero-order valence-electron chi connectivity index (χ0n) is 24.2. The van der Waals surface area contributed by atoms with Gasteiger partial charge in [0.1, 0.15) is 23.1 Å². The molecule has 1 aromatic carbocycles. The number of carbonyl (C=O) groups excluding carboxylic acids is 1. The van der Waals surface area contributed by atoms with Gasteiger partial charge in [0.25, 0.3) is 0 Å². The number of benzene rings is 1. The van der Waals surface area contributed by atoms with Gasteiger partial charge in [-0.1, -0.05) is 26.5 Å². The monoisotopic (exact) mass is 586 g/mol. The van der Waals surface area contributed by atoms with Crippen molar-refractivity contribution in [3.05, 3.63) is 82.6 Å². The third-order valence-electron chi connectivity index (χ3n) is 8.21. The first-order valence-electron chi connectivity index (χ1n) is 14.4. The zero-order valence-corrected chi connectivity index (χ0v) is 24.2. The molecule has 1 N–H and O–H groups in total. The van der Waals surface area contributed by atoms with E-state index in [0.29, 0.717) is 37.2 Å². The van der Waals surface area contributed by atoms with Gasteiger partial charge in [-0.3, -0.25) is 9.78 Å². The van der Waals surface area contributed by atoms with Crippen LogP contribution in [0.5, 0.6) is 5.75 Å². The fraction of sp³-hybridized carbons (Fsp3) is 0.344. The average Bonchev–Trinajstić information content (AvgIpc) is 3.33. The number of nitrogens with one attached hydrogen (secondary N) is 1. The van der Waals surface area contributed by atoms with Crippen molar-refractivity contribution in [3.8, 4) is 22.7 Å². The van der Waals surface area contributed by atoms with Crippen LogP contribution in [-0.4, -0.2) is 50.7 Å². The molecule has 0 spiro atoms. The Morgan fingerprint density at radius 3 is 2.79 bits per heavy atom. The largest absolute Gasteiger partial charge is 0.493 e. The van der Waals surface area contributed by atoms with Crippen LogP contribution in [0.4, 0.5) is 14.6 Å². The number of carbonyl (C=O) groups is 1. The van der Waals surface area contributed by atoms with Crippen molar-refractivity contribution in [3.63, 3.8) is 0 Å². The fourth-order valence-electron chi connectivity index (χ4n) is 6.07. The molecule has 1 fully saturated rings. The summed E-state index contributed by atoms with van der Waals surface area (Å²) in [5, 5.41) is 3.20. The van der Waals surface area contributed by atoms with Gasteiger partial charge in [-0.15, -0.1) is 0 Å². The van der Waals surface area contributed by atoms with E-state index >= 15 is 8.78 Å².